The third-order valence-electron chi connectivity index (χ3n) is 4.01. The number of amides is 1. The van der Waals surface area contributed by atoms with Gasteiger partial charge in [0.1, 0.15) is 4.83 Å². The molecule has 25 heavy (non-hydrogen) atoms. The molecule has 4 aromatic rings. The van der Waals surface area contributed by atoms with Gasteiger partial charge in [-0.1, -0.05) is 18.2 Å². The predicted molar refractivity (Wildman–Crippen MR) is 108 cm³/mol. The van der Waals surface area contributed by atoms with Crippen molar-refractivity contribution >= 4 is 55.8 Å². The van der Waals surface area contributed by atoms with E-state index in [0.29, 0.717) is 4.88 Å². The summed E-state index contributed by atoms with van der Waals surface area (Å²) in [6.07, 6.45) is 2.02. The Hall–Kier alpha value is -2.37. The molecule has 0 spiro atoms. The summed E-state index contributed by atoms with van der Waals surface area (Å²) in [7, 11) is 0. The Kier molecular flexibility index (Phi) is 4.19. The molecule has 0 radical (unpaired) electrons. The molecule has 3 nitrogen and oxygen atoms in total. The number of hydrogen-bond donors (Lipinski definition) is 1. The Labute approximate surface area is 154 Å². The number of rotatable bonds is 3. The lowest BCUT2D eigenvalue weighted by Crippen LogP contribution is -2.09. The molecule has 0 saturated carbocycles. The number of hydrogen-bond acceptors (Lipinski definition) is 4. The van der Waals surface area contributed by atoms with Gasteiger partial charge in [-0.3, -0.25) is 4.79 Å². The second kappa shape index (κ2) is 6.50. The van der Waals surface area contributed by atoms with Crippen LogP contribution in [0, 0.1) is 6.92 Å². The van der Waals surface area contributed by atoms with E-state index in [9.17, 15) is 4.79 Å². The SMILES string of the molecule is CSc1cccc(NC(=O)c2cc3cc4ccc(C)cc4nc3s2)c1. The zero-order valence-corrected chi connectivity index (χ0v) is 15.5. The maximum Gasteiger partial charge on any atom is 0.265 e. The Bertz CT molecular complexity index is 1100. The molecule has 2 heterocycles. The number of nitrogens with one attached hydrogen (secondary N) is 1. The summed E-state index contributed by atoms with van der Waals surface area (Å²) in [6, 6.07) is 18.1. The molecule has 0 fully saturated rings. The van der Waals surface area contributed by atoms with E-state index in [1.165, 1.54) is 16.9 Å². The van der Waals surface area contributed by atoms with Gasteiger partial charge in [0.05, 0.1) is 10.4 Å². The van der Waals surface area contributed by atoms with E-state index in [-0.39, 0.29) is 5.91 Å². The van der Waals surface area contributed by atoms with Crippen LogP contribution in [0.5, 0.6) is 0 Å². The minimum Gasteiger partial charge on any atom is -0.321 e. The summed E-state index contributed by atoms with van der Waals surface area (Å²) in [4.78, 5) is 20.0. The molecular formula is C20H16N2OS2. The Morgan fingerprint density at radius 1 is 1.08 bits per heavy atom. The van der Waals surface area contributed by atoms with Gasteiger partial charge in [-0.15, -0.1) is 23.1 Å². The maximum atomic E-state index is 12.6. The average Bonchev–Trinajstić information content (AvgIpc) is 3.03. The lowest BCUT2D eigenvalue weighted by molar-refractivity contribution is 0.103. The molecule has 0 aliphatic heterocycles. The standard InChI is InChI=1S/C20H16N2OS2/c1-12-6-7-13-9-14-10-18(25-20(14)22-17(13)8-12)19(23)21-15-4-3-5-16(11-15)24-2/h3-11H,1-2H3,(H,21,23). The van der Waals surface area contributed by atoms with Crippen molar-refractivity contribution < 1.29 is 4.79 Å². The number of carbonyl (C=O) groups is 1. The molecule has 1 amide bonds. The number of pyridine rings is 1. The van der Waals surface area contributed by atoms with E-state index in [0.717, 1.165) is 31.7 Å². The number of thioether (sulfide) groups is 1. The van der Waals surface area contributed by atoms with E-state index < -0.39 is 0 Å². The summed E-state index contributed by atoms with van der Waals surface area (Å²) < 4.78 is 0. The fourth-order valence-corrected chi connectivity index (χ4v) is 4.12. The number of aryl methyl sites for hydroxylation is 1. The normalized spacial score (nSPS) is 11.1. The van der Waals surface area contributed by atoms with E-state index in [4.69, 9.17) is 4.98 Å². The smallest absolute Gasteiger partial charge is 0.265 e. The van der Waals surface area contributed by atoms with Crippen molar-refractivity contribution in [2.24, 2.45) is 0 Å². The number of thiophene rings is 1. The molecule has 0 atom stereocenters. The van der Waals surface area contributed by atoms with Crippen LogP contribution in [0.25, 0.3) is 21.1 Å². The van der Waals surface area contributed by atoms with Gasteiger partial charge >= 0.3 is 0 Å². The number of fused-ring (bicyclic) bond motifs is 2. The average molecular weight is 364 g/mol. The minimum atomic E-state index is -0.0958. The zero-order chi connectivity index (χ0) is 17.4. The van der Waals surface area contributed by atoms with E-state index in [1.54, 1.807) is 11.8 Å². The third kappa shape index (κ3) is 3.25. The molecule has 124 valence electrons. The van der Waals surface area contributed by atoms with Crippen molar-refractivity contribution in [1.29, 1.82) is 0 Å². The number of carbonyl (C=O) groups excluding carboxylic acids is 1. The summed E-state index contributed by atoms with van der Waals surface area (Å²) >= 11 is 3.08. The molecular weight excluding hydrogens is 348 g/mol. The third-order valence-corrected chi connectivity index (χ3v) is 5.78. The van der Waals surface area contributed by atoms with Crippen molar-refractivity contribution in [1.82, 2.24) is 4.98 Å². The highest BCUT2D eigenvalue weighted by atomic mass is 32.2. The highest BCUT2D eigenvalue weighted by Gasteiger charge is 2.12. The van der Waals surface area contributed by atoms with Crippen LogP contribution >= 0.6 is 23.1 Å². The Balaban J connectivity index is 1.68. The number of benzene rings is 2. The topological polar surface area (TPSA) is 42.0 Å². The van der Waals surface area contributed by atoms with Gasteiger partial charge in [0, 0.05) is 21.4 Å². The quantitative estimate of drug-likeness (QED) is 0.472. The second-order valence-electron chi connectivity index (χ2n) is 5.88. The minimum absolute atomic E-state index is 0.0958. The summed E-state index contributed by atoms with van der Waals surface area (Å²) in [5, 5.41) is 5.07. The van der Waals surface area contributed by atoms with E-state index in [2.05, 4.69) is 36.5 Å². The van der Waals surface area contributed by atoms with E-state index in [1.807, 2.05) is 36.6 Å². The fourth-order valence-electron chi connectivity index (χ4n) is 2.74. The molecule has 0 unspecified atom stereocenters. The molecule has 0 saturated heterocycles. The largest absolute Gasteiger partial charge is 0.321 e. The maximum absolute atomic E-state index is 12.6. The summed E-state index contributed by atoms with van der Waals surface area (Å²) in [6.45, 7) is 2.06. The van der Waals surface area contributed by atoms with Crippen molar-refractivity contribution in [3.05, 3.63) is 65.0 Å². The number of nitrogens with zero attached hydrogens (tertiary/aromatic N) is 1. The van der Waals surface area contributed by atoms with Crippen LogP contribution in [0.2, 0.25) is 0 Å². The van der Waals surface area contributed by atoms with Crippen LogP contribution in [0.4, 0.5) is 5.69 Å². The zero-order valence-electron chi connectivity index (χ0n) is 13.9. The fraction of sp³-hybridized carbons (Fsp3) is 0.100. The van der Waals surface area contributed by atoms with Crippen molar-refractivity contribution in [3.8, 4) is 0 Å². The van der Waals surface area contributed by atoms with Crippen LogP contribution in [-0.2, 0) is 0 Å². The second-order valence-corrected chi connectivity index (χ2v) is 7.79. The van der Waals surface area contributed by atoms with Gasteiger partial charge in [-0.05, 0) is 55.1 Å². The van der Waals surface area contributed by atoms with Crippen LogP contribution in [0.15, 0.2) is 59.5 Å². The summed E-state index contributed by atoms with van der Waals surface area (Å²) in [5.74, 6) is -0.0958. The molecule has 2 aromatic heterocycles. The van der Waals surface area contributed by atoms with Crippen molar-refractivity contribution in [2.45, 2.75) is 11.8 Å². The van der Waals surface area contributed by atoms with E-state index >= 15 is 0 Å². The van der Waals surface area contributed by atoms with Gasteiger partial charge in [0.15, 0.2) is 0 Å². The molecule has 0 aliphatic carbocycles. The van der Waals surface area contributed by atoms with Crippen molar-refractivity contribution in [2.75, 3.05) is 11.6 Å². The van der Waals surface area contributed by atoms with Gasteiger partial charge < -0.3 is 5.32 Å². The number of aromatic nitrogens is 1. The van der Waals surface area contributed by atoms with Crippen molar-refractivity contribution in [3.63, 3.8) is 0 Å². The molecule has 5 heteroatoms. The first-order valence-corrected chi connectivity index (χ1v) is 9.93. The molecule has 0 bridgehead atoms. The first-order valence-electron chi connectivity index (χ1n) is 7.89. The lowest BCUT2D eigenvalue weighted by Gasteiger charge is -2.04. The Morgan fingerprint density at radius 3 is 2.80 bits per heavy atom. The molecule has 0 aliphatic rings. The molecule has 2 aromatic carbocycles. The highest BCUT2D eigenvalue weighted by molar-refractivity contribution is 7.98. The van der Waals surface area contributed by atoms with Crippen LogP contribution in [-0.4, -0.2) is 17.1 Å². The highest BCUT2D eigenvalue weighted by Crippen LogP contribution is 2.28. The lowest BCUT2D eigenvalue weighted by atomic mass is 10.1. The number of anilines is 1. The van der Waals surface area contributed by atoms with Gasteiger partial charge in [-0.2, -0.15) is 0 Å². The van der Waals surface area contributed by atoms with Crippen LogP contribution < -0.4 is 5.32 Å². The first kappa shape index (κ1) is 16.1. The van der Waals surface area contributed by atoms with Gasteiger partial charge in [-0.25, -0.2) is 4.98 Å². The van der Waals surface area contributed by atoms with Gasteiger partial charge in [0.25, 0.3) is 5.91 Å². The predicted octanol–water partition coefficient (Wildman–Crippen LogP) is 5.73. The van der Waals surface area contributed by atoms with Crippen LogP contribution in [0.1, 0.15) is 15.2 Å². The first-order chi connectivity index (χ1) is 12.1. The van der Waals surface area contributed by atoms with Gasteiger partial charge in [0.2, 0.25) is 0 Å². The van der Waals surface area contributed by atoms with Crippen LogP contribution in [0.3, 0.4) is 0 Å². The molecule has 4 rings (SSSR count). The summed E-state index contributed by atoms with van der Waals surface area (Å²) in [5.41, 5.74) is 2.96. The monoisotopic (exact) mass is 364 g/mol. The molecule has 1 N–H and O–H groups in total. The Morgan fingerprint density at radius 2 is 1.96 bits per heavy atom.